The van der Waals surface area contributed by atoms with Crippen LogP contribution in [0.4, 0.5) is 0 Å². The first kappa shape index (κ1) is 34.8. The molecule has 10 aromatic rings. The first-order valence-electron chi connectivity index (χ1n) is 20.4. The average molecular weight is 753 g/mol. The molecule has 278 valence electrons. The Bertz CT molecular complexity index is 3220. The molecule has 1 aliphatic rings. The third-order valence-corrected chi connectivity index (χ3v) is 12.3. The second kappa shape index (κ2) is 13.9. The van der Waals surface area contributed by atoms with Crippen LogP contribution < -0.4 is 0 Å². The molecule has 2 nitrogen and oxygen atoms in total. The van der Waals surface area contributed by atoms with Crippen LogP contribution in [0.1, 0.15) is 25.0 Å². The van der Waals surface area contributed by atoms with E-state index in [4.69, 9.17) is 9.97 Å². The van der Waals surface area contributed by atoms with Crippen molar-refractivity contribution < 1.29 is 0 Å². The summed E-state index contributed by atoms with van der Waals surface area (Å²) in [5.41, 5.74) is 17.4. The van der Waals surface area contributed by atoms with E-state index >= 15 is 0 Å². The zero-order valence-corrected chi connectivity index (χ0v) is 33.0. The summed E-state index contributed by atoms with van der Waals surface area (Å²) in [7, 11) is 0. The molecular weight excluding hydrogens is 713 g/mol. The van der Waals surface area contributed by atoms with Crippen molar-refractivity contribution in [3.63, 3.8) is 0 Å². The lowest BCUT2D eigenvalue weighted by Crippen LogP contribution is -2.15. The quantitative estimate of drug-likeness (QED) is 0.169. The van der Waals surface area contributed by atoms with Gasteiger partial charge in [0.05, 0.1) is 11.4 Å². The minimum absolute atomic E-state index is 0.135. The number of aromatic nitrogens is 2. The molecular formula is C57H40N2. The van der Waals surface area contributed by atoms with Gasteiger partial charge in [0.25, 0.3) is 0 Å². The molecule has 9 aromatic carbocycles. The summed E-state index contributed by atoms with van der Waals surface area (Å²) in [6, 6.07) is 74.2. The van der Waals surface area contributed by atoms with E-state index in [1.54, 1.807) is 0 Å². The van der Waals surface area contributed by atoms with Crippen molar-refractivity contribution in [3.05, 3.63) is 217 Å². The number of hydrogen-bond acceptors (Lipinski definition) is 2. The topological polar surface area (TPSA) is 25.8 Å². The number of hydrogen-bond donors (Lipinski definition) is 0. The summed E-state index contributed by atoms with van der Waals surface area (Å²) in [4.78, 5) is 10.6. The molecule has 1 aliphatic carbocycles. The average Bonchev–Trinajstić information content (AvgIpc) is 3.55. The molecule has 0 saturated carbocycles. The number of rotatable bonds is 6. The van der Waals surface area contributed by atoms with Gasteiger partial charge in [-0.2, -0.15) is 0 Å². The van der Waals surface area contributed by atoms with E-state index in [9.17, 15) is 0 Å². The molecule has 0 N–H and O–H groups in total. The molecule has 0 spiro atoms. The van der Waals surface area contributed by atoms with Crippen molar-refractivity contribution in [3.8, 4) is 78.4 Å². The Morgan fingerprint density at radius 2 is 0.847 bits per heavy atom. The maximum Gasteiger partial charge on any atom is 0.161 e. The molecule has 0 unspecified atom stereocenters. The van der Waals surface area contributed by atoms with Crippen molar-refractivity contribution in [1.29, 1.82) is 0 Å². The Hall–Kier alpha value is -7.42. The molecule has 0 saturated heterocycles. The normalized spacial score (nSPS) is 12.7. The zero-order valence-electron chi connectivity index (χ0n) is 33.0. The van der Waals surface area contributed by atoms with Crippen LogP contribution in [-0.2, 0) is 5.41 Å². The highest BCUT2D eigenvalue weighted by Crippen LogP contribution is 2.55. The number of benzene rings is 9. The third kappa shape index (κ3) is 5.87. The van der Waals surface area contributed by atoms with E-state index in [-0.39, 0.29) is 5.41 Å². The molecule has 0 radical (unpaired) electrons. The van der Waals surface area contributed by atoms with E-state index in [1.165, 1.54) is 66.2 Å². The fraction of sp³-hybridized carbons (Fsp3) is 0.0526. The van der Waals surface area contributed by atoms with Crippen molar-refractivity contribution in [2.45, 2.75) is 19.3 Å². The Morgan fingerprint density at radius 1 is 0.339 bits per heavy atom. The Morgan fingerprint density at radius 3 is 1.56 bits per heavy atom. The van der Waals surface area contributed by atoms with E-state index < -0.39 is 0 Å². The van der Waals surface area contributed by atoms with Gasteiger partial charge in [-0.3, -0.25) is 0 Å². The predicted octanol–water partition coefficient (Wildman–Crippen LogP) is 15.1. The Balaban J connectivity index is 1.04. The monoisotopic (exact) mass is 752 g/mol. The second-order valence-corrected chi connectivity index (χ2v) is 16.1. The highest BCUT2D eigenvalue weighted by molar-refractivity contribution is 6.09. The Labute approximate surface area is 345 Å². The lowest BCUT2D eigenvalue weighted by molar-refractivity contribution is 0.666. The van der Waals surface area contributed by atoms with Crippen LogP contribution in [-0.4, -0.2) is 9.97 Å². The summed E-state index contributed by atoms with van der Waals surface area (Å²) in [6.07, 6.45) is 0. The lowest BCUT2D eigenvalue weighted by Gasteiger charge is -2.23. The van der Waals surface area contributed by atoms with E-state index in [0.29, 0.717) is 5.82 Å². The van der Waals surface area contributed by atoms with Crippen LogP contribution in [0, 0.1) is 0 Å². The minimum Gasteiger partial charge on any atom is -0.228 e. The van der Waals surface area contributed by atoms with Gasteiger partial charge in [-0.25, -0.2) is 9.97 Å². The fourth-order valence-electron chi connectivity index (χ4n) is 9.42. The first-order chi connectivity index (χ1) is 29.0. The van der Waals surface area contributed by atoms with Crippen molar-refractivity contribution >= 4 is 21.5 Å². The largest absolute Gasteiger partial charge is 0.228 e. The summed E-state index contributed by atoms with van der Waals surface area (Å²) < 4.78 is 0. The molecule has 1 aromatic heterocycles. The predicted molar refractivity (Wildman–Crippen MR) is 247 cm³/mol. The molecule has 0 aliphatic heterocycles. The molecule has 0 fully saturated rings. The highest BCUT2D eigenvalue weighted by atomic mass is 14.9. The first-order valence-corrected chi connectivity index (χ1v) is 20.4. The van der Waals surface area contributed by atoms with Crippen LogP contribution >= 0.6 is 0 Å². The standard InChI is InChI=1S/C57H40N2/c1-57(2)51-26-14-25-48(54(51)50-32-31-39-17-9-10-22-44(39)55(50)57)47-33-34-49(46-24-12-11-23-45(46)47)56-58-52(40-18-7-4-8-19-40)36-53(59-56)41-29-27-38(28-30-41)43-21-13-20-42(35-43)37-15-5-3-6-16-37/h3-36H,1-2H3. The highest BCUT2D eigenvalue weighted by Gasteiger charge is 2.38. The molecule has 1 heterocycles. The molecule has 59 heavy (non-hydrogen) atoms. The summed E-state index contributed by atoms with van der Waals surface area (Å²) in [5, 5.41) is 4.92. The fourth-order valence-corrected chi connectivity index (χ4v) is 9.42. The van der Waals surface area contributed by atoms with Gasteiger partial charge in [-0.05, 0) is 95.4 Å². The Kier molecular flexibility index (Phi) is 8.20. The SMILES string of the molecule is CC1(C)c2cccc(-c3ccc(-c4nc(-c5ccccc5)cc(-c5ccc(-c6cccc(-c7ccccc7)c6)cc5)n4)c4ccccc34)c2-c2ccc3ccccc3c21. The van der Waals surface area contributed by atoms with Gasteiger partial charge >= 0.3 is 0 Å². The van der Waals surface area contributed by atoms with Crippen LogP contribution in [0.3, 0.4) is 0 Å². The molecule has 0 amide bonds. The van der Waals surface area contributed by atoms with Gasteiger partial charge in [-0.15, -0.1) is 0 Å². The van der Waals surface area contributed by atoms with E-state index in [0.717, 1.165) is 39.0 Å². The van der Waals surface area contributed by atoms with Crippen LogP contribution in [0.2, 0.25) is 0 Å². The molecule has 2 heteroatoms. The minimum atomic E-state index is -0.135. The van der Waals surface area contributed by atoms with Gasteiger partial charge in [0.15, 0.2) is 5.82 Å². The second-order valence-electron chi connectivity index (χ2n) is 16.1. The van der Waals surface area contributed by atoms with Gasteiger partial charge in [0, 0.05) is 22.1 Å². The maximum atomic E-state index is 5.33. The summed E-state index contributed by atoms with van der Waals surface area (Å²) in [5.74, 6) is 0.708. The maximum absolute atomic E-state index is 5.33. The van der Waals surface area contributed by atoms with Gasteiger partial charge in [0.1, 0.15) is 0 Å². The number of nitrogens with zero attached hydrogens (tertiary/aromatic N) is 2. The van der Waals surface area contributed by atoms with Crippen molar-refractivity contribution in [2.24, 2.45) is 0 Å². The van der Waals surface area contributed by atoms with E-state index in [2.05, 4.69) is 214 Å². The van der Waals surface area contributed by atoms with Crippen LogP contribution in [0.15, 0.2) is 206 Å². The van der Waals surface area contributed by atoms with E-state index in [1.807, 2.05) is 6.07 Å². The summed E-state index contributed by atoms with van der Waals surface area (Å²) >= 11 is 0. The van der Waals surface area contributed by atoms with Crippen LogP contribution in [0.25, 0.3) is 100.0 Å². The molecule has 11 rings (SSSR count). The molecule has 0 atom stereocenters. The smallest absolute Gasteiger partial charge is 0.161 e. The van der Waals surface area contributed by atoms with Crippen molar-refractivity contribution in [2.75, 3.05) is 0 Å². The van der Waals surface area contributed by atoms with Gasteiger partial charge < -0.3 is 0 Å². The van der Waals surface area contributed by atoms with Crippen LogP contribution in [0.5, 0.6) is 0 Å². The number of fused-ring (bicyclic) bond motifs is 6. The van der Waals surface area contributed by atoms with Gasteiger partial charge in [-0.1, -0.05) is 202 Å². The lowest BCUT2D eigenvalue weighted by atomic mass is 9.80. The zero-order chi connectivity index (χ0) is 39.5. The molecule has 0 bridgehead atoms. The summed E-state index contributed by atoms with van der Waals surface area (Å²) in [6.45, 7) is 4.75. The van der Waals surface area contributed by atoms with Gasteiger partial charge in [0.2, 0.25) is 0 Å². The van der Waals surface area contributed by atoms with Crippen molar-refractivity contribution in [1.82, 2.24) is 9.97 Å². The third-order valence-electron chi connectivity index (χ3n) is 12.3.